The van der Waals surface area contributed by atoms with Crippen molar-refractivity contribution in [1.82, 2.24) is 0 Å². The molecule has 0 saturated heterocycles. The summed E-state index contributed by atoms with van der Waals surface area (Å²) in [5.41, 5.74) is -0.941. The van der Waals surface area contributed by atoms with Crippen molar-refractivity contribution < 1.29 is 20.1 Å². The lowest BCUT2D eigenvalue weighted by molar-refractivity contribution is -0.386. The predicted molar refractivity (Wildman–Crippen MR) is 97.1 cm³/mol. The highest BCUT2D eigenvalue weighted by Gasteiger charge is 2.31. The maximum Gasteiger partial charge on any atom is 0.312 e. The minimum Gasteiger partial charge on any atom is -0.501 e. The van der Waals surface area contributed by atoms with Gasteiger partial charge in [-0.2, -0.15) is 0 Å². The molecule has 0 fully saturated rings. The van der Waals surface area contributed by atoms with Crippen LogP contribution in [-0.4, -0.2) is 20.1 Å². The summed E-state index contributed by atoms with van der Waals surface area (Å²) in [4.78, 5) is 20.8. The average molecular weight is 476 g/mol. The Hall–Kier alpha value is -2.20. The third kappa shape index (κ3) is 3.45. The number of rotatable bonds is 4. The maximum atomic E-state index is 11.1. The number of nitro groups is 2. The van der Waals surface area contributed by atoms with Gasteiger partial charge < -0.3 is 10.2 Å². The molecule has 0 aliphatic rings. The van der Waals surface area contributed by atoms with E-state index in [0.717, 1.165) is 0 Å². The molecule has 0 spiro atoms. The quantitative estimate of drug-likeness (QED) is 0.484. The van der Waals surface area contributed by atoms with Gasteiger partial charge in [0.05, 0.1) is 18.8 Å². The van der Waals surface area contributed by atoms with Crippen molar-refractivity contribution in [1.29, 1.82) is 0 Å². The van der Waals surface area contributed by atoms with Gasteiger partial charge in [-0.05, 0) is 55.1 Å². The van der Waals surface area contributed by atoms with Gasteiger partial charge in [0.2, 0.25) is 11.5 Å². The summed E-state index contributed by atoms with van der Waals surface area (Å²) >= 11 is 6.16. The fourth-order valence-electron chi connectivity index (χ4n) is 2.34. The number of nitro benzene ring substituents is 2. The number of aromatic hydroxyl groups is 2. The van der Waals surface area contributed by atoms with Crippen LogP contribution in [-0.2, 0) is 5.41 Å². The van der Waals surface area contributed by atoms with Crippen LogP contribution in [0, 0.1) is 20.2 Å². The Balaban J connectivity index is 2.71. The van der Waals surface area contributed by atoms with E-state index < -0.39 is 38.1 Å². The van der Waals surface area contributed by atoms with Gasteiger partial charge in [-0.1, -0.05) is 13.8 Å². The molecule has 0 saturated carbocycles. The number of hydrogen-bond acceptors (Lipinski definition) is 6. The fourth-order valence-corrected chi connectivity index (χ4v) is 3.24. The minimum absolute atomic E-state index is 0.136. The first-order valence-electron chi connectivity index (χ1n) is 6.81. The van der Waals surface area contributed by atoms with E-state index in [1.54, 1.807) is 13.8 Å². The molecule has 8 nitrogen and oxygen atoms in total. The molecule has 0 aromatic heterocycles. The highest BCUT2D eigenvalue weighted by atomic mass is 79.9. The number of hydrogen-bond donors (Lipinski definition) is 2. The average Bonchev–Trinajstić information content (AvgIpc) is 2.51. The van der Waals surface area contributed by atoms with Crippen LogP contribution in [0.2, 0.25) is 0 Å². The SMILES string of the molecule is CC(C)(c1cc(Br)c(O)c([N+](=O)[O-])c1)c1cc(Br)c(O)c([N+](=O)[O-])c1. The molecule has 0 aliphatic heterocycles. The second-order valence-electron chi connectivity index (χ2n) is 5.79. The molecule has 2 rings (SSSR count). The summed E-state index contributed by atoms with van der Waals surface area (Å²) < 4.78 is 0.272. The number of phenols is 2. The molecule has 0 radical (unpaired) electrons. The van der Waals surface area contributed by atoms with Gasteiger partial charge in [0.15, 0.2) is 0 Å². The molecule has 2 aromatic carbocycles. The zero-order chi connectivity index (χ0) is 19.1. The van der Waals surface area contributed by atoms with Gasteiger partial charge in [0.25, 0.3) is 0 Å². The lowest BCUT2D eigenvalue weighted by atomic mass is 9.77. The molecule has 132 valence electrons. The highest BCUT2D eigenvalue weighted by molar-refractivity contribution is 9.10. The first kappa shape index (κ1) is 19.1. The van der Waals surface area contributed by atoms with Crippen LogP contribution in [0.4, 0.5) is 11.4 Å². The van der Waals surface area contributed by atoms with Crippen molar-refractivity contribution in [3.05, 3.63) is 64.6 Å². The molecular formula is C15H12Br2N2O6. The van der Waals surface area contributed by atoms with E-state index in [1.807, 2.05) is 0 Å². The first-order chi connectivity index (χ1) is 11.5. The van der Waals surface area contributed by atoms with E-state index in [9.17, 15) is 30.4 Å². The topological polar surface area (TPSA) is 127 Å². The number of nitrogens with zero attached hydrogens (tertiary/aromatic N) is 2. The molecule has 0 atom stereocenters. The molecule has 10 heteroatoms. The Bertz CT molecular complexity index is 827. The third-order valence-corrected chi connectivity index (χ3v) is 5.13. The fraction of sp³-hybridized carbons (Fsp3) is 0.200. The zero-order valence-corrected chi connectivity index (χ0v) is 16.2. The van der Waals surface area contributed by atoms with Crippen LogP contribution >= 0.6 is 31.9 Å². The second-order valence-corrected chi connectivity index (χ2v) is 7.50. The Kier molecular flexibility index (Phi) is 5.05. The van der Waals surface area contributed by atoms with E-state index >= 15 is 0 Å². The summed E-state index contributed by atoms with van der Waals surface area (Å²) in [6, 6.07) is 5.45. The van der Waals surface area contributed by atoms with E-state index in [4.69, 9.17) is 0 Å². The molecule has 0 unspecified atom stereocenters. The summed E-state index contributed by atoms with van der Waals surface area (Å²) in [5.74, 6) is -0.996. The number of halogens is 2. The van der Waals surface area contributed by atoms with Crippen LogP contribution in [0.5, 0.6) is 11.5 Å². The Morgan fingerprint density at radius 3 is 1.44 bits per heavy atom. The summed E-state index contributed by atoms with van der Waals surface area (Å²) in [7, 11) is 0. The highest BCUT2D eigenvalue weighted by Crippen LogP contribution is 2.44. The van der Waals surface area contributed by atoms with Gasteiger partial charge in [-0.3, -0.25) is 20.2 Å². The first-order valence-corrected chi connectivity index (χ1v) is 8.40. The lowest BCUT2D eigenvalue weighted by Crippen LogP contribution is -2.19. The number of phenolic OH excluding ortho intramolecular Hbond substituents is 2. The Morgan fingerprint density at radius 1 is 0.840 bits per heavy atom. The monoisotopic (exact) mass is 474 g/mol. The molecule has 0 aliphatic carbocycles. The lowest BCUT2D eigenvalue weighted by Gasteiger charge is -2.26. The van der Waals surface area contributed by atoms with Gasteiger partial charge in [-0.15, -0.1) is 0 Å². The second kappa shape index (κ2) is 6.60. The summed E-state index contributed by atoms with van der Waals surface area (Å²) in [5, 5.41) is 41.9. The molecule has 25 heavy (non-hydrogen) atoms. The van der Waals surface area contributed by atoms with Gasteiger partial charge >= 0.3 is 11.4 Å². The van der Waals surface area contributed by atoms with Crippen molar-refractivity contribution in [2.75, 3.05) is 0 Å². The van der Waals surface area contributed by atoms with E-state index in [2.05, 4.69) is 31.9 Å². The van der Waals surface area contributed by atoms with E-state index in [1.165, 1.54) is 24.3 Å². The van der Waals surface area contributed by atoms with Gasteiger partial charge in [0, 0.05) is 17.5 Å². The van der Waals surface area contributed by atoms with Gasteiger partial charge in [-0.25, -0.2) is 0 Å². The molecule has 0 bridgehead atoms. The van der Waals surface area contributed by atoms with Crippen LogP contribution < -0.4 is 0 Å². The largest absolute Gasteiger partial charge is 0.501 e. The van der Waals surface area contributed by atoms with E-state index in [-0.39, 0.29) is 8.95 Å². The van der Waals surface area contributed by atoms with Crippen molar-refractivity contribution in [3.63, 3.8) is 0 Å². The third-order valence-electron chi connectivity index (χ3n) is 3.92. The molecule has 0 amide bonds. The van der Waals surface area contributed by atoms with Crippen molar-refractivity contribution >= 4 is 43.2 Å². The van der Waals surface area contributed by atoms with Crippen LogP contribution in [0.3, 0.4) is 0 Å². The predicted octanol–water partition coefficient (Wildman–Crippen LogP) is 4.77. The van der Waals surface area contributed by atoms with Crippen molar-refractivity contribution in [3.8, 4) is 11.5 Å². The maximum absolute atomic E-state index is 11.1. The molecule has 2 N–H and O–H groups in total. The van der Waals surface area contributed by atoms with Gasteiger partial charge in [0.1, 0.15) is 0 Å². The molecule has 0 heterocycles. The number of benzene rings is 2. The standard InChI is InChI=1S/C15H12Br2N2O6/c1-15(2,7-3-9(16)13(20)11(5-7)18(22)23)8-4-10(17)14(21)12(6-8)19(24)25/h3-6,20-21H,1-2H3. The normalized spacial score (nSPS) is 11.4. The van der Waals surface area contributed by atoms with Crippen LogP contribution in [0.25, 0.3) is 0 Å². The Morgan fingerprint density at radius 2 is 1.16 bits per heavy atom. The zero-order valence-electron chi connectivity index (χ0n) is 13.0. The minimum atomic E-state index is -0.887. The van der Waals surface area contributed by atoms with Crippen molar-refractivity contribution in [2.45, 2.75) is 19.3 Å². The van der Waals surface area contributed by atoms with Crippen LogP contribution in [0.1, 0.15) is 25.0 Å². The smallest absolute Gasteiger partial charge is 0.312 e. The summed E-state index contributed by atoms with van der Waals surface area (Å²) in [6.07, 6.45) is 0. The molecular weight excluding hydrogens is 464 g/mol. The Labute approximate surface area is 158 Å². The van der Waals surface area contributed by atoms with Crippen molar-refractivity contribution in [2.24, 2.45) is 0 Å². The molecule has 2 aromatic rings. The summed E-state index contributed by atoms with van der Waals surface area (Å²) in [6.45, 7) is 3.44. The van der Waals surface area contributed by atoms with Crippen LogP contribution in [0.15, 0.2) is 33.2 Å². The van der Waals surface area contributed by atoms with E-state index in [0.29, 0.717) is 11.1 Å².